The van der Waals surface area contributed by atoms with Crippen LogP contribution in [0.4, 0.5) is 16.2 Å². The van der Waals surface area contributed by atoms with Crippen LogP contribution in [-0.4, -0.2) is 61.9 Å². The van der Waals surface area contributed by atoms with Gasteiger partial charge in [0.05, 0.1) is 59.5 Å². The molecule has 3 N–H and O–H groups in total. The number of benzene rings is 3. The Kier molecular flexibility index (Phi) is 11.3. The SMILES string of the molecule is COC(=O)C1=C(C)NC(=O)N[C@H]1c1ccc(OCC(=O)N/N=C\c2cc(Br)c(Oc3ccc([N+](=O)[O-])cc3[N+](=O)[O-])c(OC)c2)c(OC)c1. The number of ether oxygens (including phenoxy) is 5. The lowest BCUT2D eigenvalue weighted by molar-refractivity contribution is -0.394. The fourth-order valence-electron chi connectivity index (χ4n) is 4.53. The van der Waals surface area contributed by atoms with E-state index in [1.807, 2.05) is 0 Å². The average molecular weight is 743 g/mol. The van der Waals surface area contributed by atoms with Crippen molar-refractivity contribution in [1.82, 2.24) is 16.1 Å². The fourth-order valence-corrected chi connectivity index (χ4v) is 5.07. The van der Waals surface area contributed by atoms with Gasteiger partial charge in [-0.15, -0.1) is 0 Å². The van der Waals surface area contributed by atoms with Crippen LogP contribution in [0.1, 0.15) is 24.1 Å². The molecule has 3 aromatic carbocycles. The second-order valence-corrected chi connectivity index (χ2v) is 10.7. The minimum atomic E-state index is -0.832. The maximum Gasteiger partial charge on any atom is 0.337 e. The van der Waals surface area contributed by atoms with E-state index in [0.29, 0.717) is 21.3 Å². The molecule has 1 atom stereocenters. The maximum atomic E-state index is 12.5. The van der Waals surface area contributed by atoms with Gasteiger partial charge in [-0.05, 0) is 64.3 Å². The summed E-state index contributed by atoms with van der Waals surface area (Å²) in [6.45, 7) is 1.12. The number of hydrogen-bond acceptors (Lipinski definition) is 13. The number of halogens is 1. The van der Waals surface area contributed by atoms with Gasteiger partial charge in [0.25, 0.3) is 11.6 Å². The van der Waals surface area contributed by atoms with Crippen LogP contribution in [0.15, 0.2) is 69.4 Å². The number of nitrogens with one attached hydrogen (secondary N) is 3. The number of urea groups is 1. The number of amides is 3. The highest BCUT2D eigenvalue weighted by molar-refractivity contribution is 9.10. The number of methoxy groups -OCH3 is 3. The van der Waals surface area contributed by atoms with Gasteiger partial charge in [0, 0.05) is 11.8 Å². The molecule has 18 nitrogen and oxygen atoms in total. The van der Waals surface area contributed by atoms with Crippen molar-refractivity contribution in [3.05, 3.63) is 95.6 Å². The Morgan fingerprint density at radius 3 is 2.35 bits per heavy atom. The van der Waals surface area contributed by atoms with E-state index in [0.717, 1.165) is 18.2 Å². The first-order chi connectivity index (χ1) is 23.4. The van der Waals surface area contributed by atoms with Crippen LogP contribution >= 0.6 is 15.9 Å². The molecule has 49 heavy (non-hydrogen) atoms. The van der Waals surface area contributed by atoms with Crippen LogP contribution < -0.4 is 35.0 Å². The normalized spacial score (nSPS) is 14.0. The van der Waals surface area contributed by atoms with Gasteiger partial charge < -0.3 is 34.3 Å². The predicted octanol–water partition coefficient (Wildman–Crippen LogP) is 4.41. The van der Waals surface area contributed by atoms with Crippen molar-refractivity contribution in [2.75, 3.05) is 27.9 Å². The van der Waals surface area contributed by atoms with E-state index in [9.17, 15) is 34.6 Å². The molecule has 0 bridgehead atoms. The molecule has 0 aliphatic carbocycles. The van der Waals surface area contributed by atoms with Gasteiger partial charge >= 0.3 is 17.7 Å². The number of nitro groups is 2. The fraction of sp³-hybridized carbons (Fsp3) is 0.200. The van der Waals surface area contributed by atoms with Crippen molar-refractivity contribution in [3.8, 4) is 28.7 Å². The van der Waals surface area contributed by atoms with E-state index < -0.39 is 51.8 Å². The maximum absolute atomic E-state index is 12.5. The average Bonchev–Trinajstić information content (AvgIpc) is 3.07. The Morgan fingerprint density at radius 1 is 0.980 bits per heavy atom. The number of nitrogens with zero attached hydrogens (tertiary/aromatic N) is 3. The van der Waals surface area contributed by atoms with Gasteiger partial charge in [0.15, 0.2) is 29.6 Å². The van der Waals surface area contributed by atoms with E-state index in [2.05, 4.69) is 37.1 Å². The van der Waals surface area contributed by atoms with E-state index in [-0.39, 0.29) is 34.3 Å². The summed E-state index contributed by atoms with van der Waals surface area (Å²) in [5.74, 6) is -0.923. The second kappa shape index (κ2) is 15.6. The zero-order valence-corrected chi connectivity index (χ0v) is 27.7. The number of carbonyl (C=O) groups is 3. The van der Waals surface area contributed by atoms with Crippen LogP contribution in [0, 0.1) is 20.2 Å². The van der Waals surface area contributed by atoms with Crippen LogP contribution in [0.2, 0.25) is 0 Å². The molecule has 256 valence electrons. The van der Waals surface area contributed by atoms with E-state index in [1.54, 1.807) is 19.1 Å². The molecule has 0 saturated heterocycles. The minimum Gasteiger partial charge on any atom is -0.493 e. The lowest BCUT2D eigenvalue weighted by atomic mass is 9.95. The van der Waals surface area contributed by atoms with Crippen LogP contribution in [0.5, 0.6) is 28.7 Å². The zero-order chi connectivity index (χ0) is 35.8. The highest BCUT2D eigenvalue weighted by atomic mass is 79.9. The first kappa shape index (κ1) is 35.6. The first-order valence-electron chi connectivity index (χ1n) is 13.8. The first-order valence-corrected chi connectivity index (χ1v) is 14.6. The third kappa shape index (κ3) is 8.38. The largest absolute Gasteiger partial charge is 0.493 e. The lowest BCUT2D eigenvalue weighted by Crippen LogP contribution is -2.45. The molecule has 3 amide bonds. The van der Waals surface area contributed by atoms with Gasteiger partial charge in [0.2, 0.25) is 5.75 Å². The molecule has 1 aliphatic rings. The molecular weight excluding hydrogens is 716 g/mol. The van der Waals surface area contributed by atoms with Crippen molar-refractivity contribution >= 4 is 51.4 Å². The topological polar surface area (TPSA) is 232 Å². The summed E-state index contributed by atoms with van der Waals surface area (Å²) in [6, 6.07) is 9.28. The quantitative estimate of drug-likeness (QED) is 0.0957. The van der Waals surface area contributed by atoms with Crippen molar-refractivity contribution < 1.29 is 47.9 Å². The minimum absolute atomic E-state index is 0.0456. The second-order valence-electron chi connectivity index (χ2n) is 9.86. The van der Waals surface area contributed by atoms with Gasteiger partial charge in [-0.1, -0.05) is 6.07 Å². The molecule has 3 aromatic rings. The van der Waals surface area contributed by atoms with E-state index in [1.165, 1.54) is 45.7 Å². The monoisotopic (exact) mass is 742 g/mol. The standard InChI is InChI=1S/C30H27BrN6O12/c1-15-26(29(39)47-4)27(34-30(40)33-15)17-5-7-22(23(11-17)45-2)48-14-25(38)35-32-13-16-9-19(31)28(24(10-16)46-3)49-21-8-6-18(36(41)42)12-20(21)37(43)44/h5-13,27H,14H2,1-4H3,(H,35,38)(H2,33,34,40)/b32-13-/t27-/m0/s1. The predicted molar refractivity (Wildman–Crippen MR) is 174 cm³/mol. The summed E-state index contributed by atoms with van der Waals surface area (Å²) in [5.41, 5.74) is 2.68. The number of hydrazone groups is 1. The number of allylic oxidation sites excluding steroid dienone is 1. The molecular formula is C30H27BrN6O12. The van der Waals surface area contributed by atoms with Crippen LogP contribution in [-0.2, 0) is 14.3 Å². The summed E-state index contributed by atoms with van der Waals surface area (Å²) in [6.07, 6.45) is 1.29. The Morgan fingerprint density at radius 2 is 1.69 bits per heavy atom. The van der Waals surface area contributed by atoms with Crippen molar-refractivity contribution in [3.63, 3.8) is 0 Å². The Balaban J connectivity index is 1.42. The van der Waals surface area contributed by atoms with E-state index >= 15 is 0 Å². The van der Waals surface area contributed by atoms with Crippen LogP contribution in [0.3, 0.4) is 0 Å². The molecule has 1 aliphatic heterocycles. The third-order valence-electron chi connectivity index (χ3n) is 6.77. The van der Waals surface area contributed by atoms with Gasteiger partial charge in [-0.3, -0.25) is 25.0 Å². The summed E-state index contributed by atoms with van der Waals surface area (Å²) in [7, 11) is 3.95. The third-order valence-corrected chi connectivity index (χ3v) is 7.36. The summed E-state index contributed by atoms with van der Waals surface area (Å²) >= 11 is 3.32. The van der Waals surface area contributed by atoms with Crippen molar-refractivity contribution in [2.24, 2.45) is 5.10 Å². The Labute approximate surface area is 285 Å². The smallest absolute Gasteiger partial charge is 0.337 e. The molecule has 0 unspecified atom stereocenters. The van der Waals surface area contributed by atoms with Crippen molar-refractivity contribution in [1.29, 1.82) is 0 Å². The Hall–Kier alpha value is -6.24. The Bertz CT molecular complexity index is 1900. The molecule has 0 aromatic heterocycles. The van der Waals surface area contributed by atoms with Gasteiger partial charge in [0.1, 0.15) is 0 Å². The highest BCUT2D eigenvalue weighted by Crippen LogP contribution is 2.42. The molecule has 0 radical (unpaired) electrons. The summed E-state index contributed by atoms with van der Waals surface area (Å²) in [4.78, 5) is 58.0. The van der Waals surface area contributed by atoms with Crippen molar-refractivity contribution in [2.45, 2.75) is 13.0 Å². The summed E-state index contributed by atoms with van der Waals surface area (Å²) in [5, 5.41) is 31.7. The van der Waals surface area contributed by atoms with E-state index in [4.69, 9.17) is 23.7 Å². The number of esters is 1. The number of non-ortho nitro benzene ring substituents is 1. The van der Waals surface area contributed by atoms with Crippen LogP contribution in [0.25, 0.3) is 0 Å². The lowest BCUT2D eigenvalue weighted by Gasteiger charge is -2.28. The molecule has 0 spiro atoms. The number of nitro benzene ring substituents is 2. The molecule has 4 rings (SSSR count). The number of rotatable bonds is 13. The zero-order valence-electron chi connectivity index (χ0n) is 26.1. The van der Waals surface area contributed by atoms with Gasteiger partial charge in [-0.2, -0.15) is 5.10 Å². The number of carbonyl (C=O) groups excluding carboxylic acids is 3. The molecule has 19 heteroatoms. The molecule has 1 heterocycles. The van der Waals surface area contributed by atoms with Gasteiger partial charge in [-0.25, -0.2) is 15.0 Å². The molecule has 0 saturated carbocycles. The number of hydrogen-bond donors (Lipinski definition) is 3. The summed E-state index contributed by atoms with van der Waals surface area (Å²) < 4.78 is 27.2. The molecule has 0 fully saturated rings. The highest BCUT2D eigenvalue weighted by Gasteiger charge is 2.32.